The number of aromatic nitrogens is 1. The van der Waals surface area contributed by atoms with E-state index in [0.717, 1.165) is 17.0 Å². The summed E-state index contributed by atoms with van der Waals surface area (Å²) in [5.74, 6) is 0. The molecule has 0 spiro atoms. The molecule has 0 aliphatic heterocycles. The van der Waals surface area contributed by atoms with E-state index in [2.05, 4.69) is 177 Å². The van der Waals surface area contributed by atoms with E-state index in [-0.39, 0.29) is 0 Å². The van der Waals surface area contributed by atoms with Crippen molar-refractivity contribution in [3.8, 4) is 33.5 Å². The Morgan fingerprint density at radius 2 is 0.909 bits per heavy atom. The van der Waals surface area contributed by atoms with E-state index in [1.54, 1.807) is 0 Å². The summed E-state index contributed by atoms with van der Waals surface area (Å²) in [6, 6.07) is 63.6. The first-order valence-electron chi connectivity index (χ1n) is 19.2. The van der Waals surface area contributed by atoms with Crippen molar-refractivity contribution in [1.82, 2.24) is 4.98 Å². The van der Waals surface area contributed by atoms with Crippen molar-refractivity contribution in [3.05, 3.63) is 176 Å². The van der Waals surface area contributed by atoms with Gasteiger partial charge in [-0.2, -0.15) is 0 Å². The fourth-order valence-electron chi connectivity index (χ4n) is 10.4. The predicted molar refractivity (Wildman–Crippen MR) is 236 cm³/mol. The van der Waals surface area contributed by atoms with Crippen LogP contribution in [0.1, 0.15) is 5.69 Å². The first-order valence-corrected chi connectivity index (χ1v) is 19.2. The maximum absolute atomic E-state index is 4.96. The maximum atomic E-state index is 4.96. The molecule has 0 saturated carbocycles. The van der Waals surface area contributed by atoms with Crippen LogP contribution in [0, 0.1) is 6.92 Å². The number of fused-ring (bicyclic) bond motifs is 8. The Morgan fingerprint density at radius 3 is 1.71 bits per heavy atom. The van der Waals surface area contributed by atoms with Gasteiger partial charge in [0.25, 0.3) is 0 Å². The second-order valence-electron chi connectivity index (χ2n) is 15.4. The van der Waals surface area contributed by atoms with Crippen LogP contribution in [0.2, 0.25) is 0 Å². The lowest BCUT2D eigenvalue weighted by molar-refractivity contribution is 1.21. The topological polar surface area (TPSA) is 12.9 Å². The van der Waals surface area contributed by atoms with Crippen LogP contribution in [0.3, 0.4) is 0 Å². The minimum absolute atomic E-state index is 1.01. The highest BCUT2D eigenvalue weighted by Gasteiger charge is 2.27. The van der Waals surface area contributed by atoms with Gasteiger partial charge in [-0.1, -0.05) is 133 Å². The zero-order valence-electron chi connectivity index (χ0n) is 30.1. The molecule has 1 heterocycles. The SMILES string of the molecule is Cc1cccc(-c2cc3ccc4ccc5c6c(-c7ccccc7)c7c(cc8c9ccccc9c9cccc7c98)c(-c7ccccc7)c6c6cc(c2)c3c4c65)n1. The Labute approximate surface area is 316 Å². The molecule has 0 atom stereocenters. The Morgan fingerprint density at radius 1 is 0.291 bits per heavy atom. The highest BCUT2D eigenvalue weighted by Crippen LogP contribution is 2.56. The minimum Gasteiger partial charge on any atom is -0.253 e. The van der Waals surface area contributed by atoms with Crippen LogP contribution in [0.15, 0.2) is 170 Å². The molecule has 55 heavy (non-hydrogen) atoms. The molecule has 1 heteroatoms. The molecule has 1 aromatic heterocycles. The lowest BCUT2D eigenvalue weighted by Crippen LogP contribution is -1.91. The van der Waals surface area contributed by atoms with E-state index in [1.165, 1.54) is 119 Å². The van der Waals surface area contributed by atoms with Gasteiger partial charge in [-0.15, -0.1) is 0 Å². The molecule has 0 fully saturated rings. The van der Waals surface area contributed by atoms with Gasteiger partial charge in [0.15, 0.2) is 0 Å². The molecule has 0 saturated heterocycles. The third kappa shape index (κ3) is 3.79. The molecule has 0 N–H and O–H groups in total. The molecule has 13 rings (SSSR count). The lowest BCUT2D eigenvalue weighted by atomic mass is 9.84. The molecule has 0 radical (unpaired) electrons. The molecule has 0 unspecified atom stereocenters. The summed E-state index contributed by atoms with van der Waals surface area (Å²) < 4.78 is 0. The smallest absolute Gasteiger partial charge is 0.0705 e. The standard InChI is InChI=1S/C54H31N/c1-30-12-10-21-45(55-30)35-26-34-23-22-33-24-25-41-52-43(28-36(27-35)46(34)48(33)52)54-47(31-13-4-2-5-14-31)44-29-42-38-18-9-8-17-37(38)39-19-11-20-40(50(39)42)51(44)49(53(41)54)32-15-6-3-7-16-32/h2-29H,1H3. The Bertz CT molecular complexity index is 3690. The van der Waals surface area contributed by atoms with Gasteiger partial charge in [0.05, 0.1) is 5.69 Å². The molecule has 0 aliphatic carbocycles. The maximum Gasteiger partial charge on any atom is 0.0705 e. The van der Waals surface area contributed by atoms with Gasteiger partial charge in [0, 0.05) is 11.3 Å². The number of benzene rings is 10. The van der Waals surface area contributed by atoms with Crippen LogP contribution in [0.25, 0.3) is 130 Å². The third-order valence-electron chi connectivity index (χ3n) is 12.5. The Balaban J connectivity index is 1.34. The first kappa shape index (κ1) is 29.4. The zero-order valence-corrected chi connectivity index (χ0v) is 30.1. The van der Waals surface area contributed by atoms with E-state index >= 15 is 0 Å². The Kier molecular flexibility index (Phi) is 5.62. The fraction of sp³-hybridized carbons (Fsp3) is 0.0185. The molecule has 0 aliphatic rings. The molecule has 0 bridgehead atoms. The number of aryl methyl sites for hydroxylation is 1. The molecule has 0 amide bonds. The Hall–Kier alpha value is -7.09. The molecular weight excluding hydrogens is 663 g/mol. The summed E-state index contributed by atoms with van der Waals surface area (Å²) >= 11 is 0. The quantitative estimate of drug-likeness (QED) is 0.168. The van der Waals surface area contributed by atoms with Gasteiger partial charge in [0.2, 0.25) is 0 Å². The van der Waals surface area contributed by atoms with E-state index in [9.17, 15) is 0 Å². The normalized spacial score (nSPS) is 12.5. The highest BCUT2D eigenvalue weighted by molar-refractivity contribution is 6.47. The van der Waals surface area contributed by atoms with Gasteiger partial charge < -0.3 is 0 Å². The largest absolute Gasteiger partial charge is 0.253 e. The van der Waals surface area contributed by atoms with Crippen molar-refractivity contribution in [1.29, 1.82) is 0 Å². The van der Waals surface area contributed by atoms with Crippen LogP contribution in [-0.4, -0.2) is 4.98 Å². The average molecular weight is 694 g/mol. The van der Waals surface area contributed by atoms with Crippen molar-refractivity contribution < 1.29 is 0 Å². The van der Waals surface area contributed by atoms with Crippen LogP contribution in [0.4, 0.5) is 0 Å². The van der Waals surface area contributed by atoms with E-state index in [4.69, 9.17) is 4.98 Å². The molecule has 252 valence electrons. The van der Waals surface area contributed by atoms with Gasteiger partial charge in [-0.3, -0.25) is 4.98 Å². The van der Waals surface area contributed by atoms with Gasteiger partial charge in [-0.25, -0.2) is 0 Å². The van der Waals surface area contributed by atoms with Crippen LogP contribution in [0.5, 0.6) is 0 Å². The van der Waals surface area contributed by atoms with E-state index < -0.39 is 0 Å². The van der Waals surface area contributed by atoms with Crippen LogP contribution < -0.4 is 0 Å². The summed E-state index contributed by atoms with van der Waals surface area (Å²) in [5.41, 5.74) is 8.29. The van der Waals surface area contributed by atoms with E-state index in [0.29, 0.717) is 0 Å². The van der Waals surface area contributed by atoms with Gasteiger partial charge in [0.1, 0.15) is 0 Å². The monoisotopic (exact) mass is 693 g/mol. The van der Waals surface area contributed by atoms with Crippen molar-refractivity contribution in [2.45, 2.75) is 6.92 Å². The number of rotatable bonds is 3. The summed E-state index contributed by atoms with van der Waals surface area (Å²) in [5, 5.41) is 23.7. The van der Waals surface area contributed by atoms with Gasteiger partial charge >= 0.3 is 0 Å². The molecule has 12 aromatic carbocycles. The number of hydrogen-bond acceptors (Lipinski definition) is 1. The molecular formula is C54H31N. The van der Waals surface area contributed by atoms with Crippen molar-refractivity contribution >= 4 is 97.0 Å². The first-order chi connectivity index (χ1) is 27.2. The summed E-state index contributed by atoms with van der Waals surface area (Å²) in [6.45, 7) is 2.07. The molecule has 1 nitrogen and oxygen atoms in total. The average Bonchev–Trinajstić information content (AvgIpc) is 3.74. The van der Waals surface area contributed by atoms with Crippen LogP contribution >= 0.6 is 0 Å². The number of pyridine rings is 1. The second-order valence-corrected chi connectivity index (χ2v) is 15.4. The van der Waals surface area contributed by atoms with Crippen LogP contribution in [-0.2, 0) is 0 Å². The van der Waals surface area contributed by atoms with Gasteiger partial charge in [-0.05, 0) is 163 Å². The second kappa shape index (κ2) is 10.5. The van der Waals surface area contributed by atoms with Crippen molar-refractivity contribution in [2.24, 2.45) is 0 Å². The number of hydrogen-bond donors (Lipinski definition) is 0. The lowest BCUT2D eigenvalue weighted by Gasteiger charge is -2.19. The summed E-state index contributed by atoms with van der Waals surface area (Å²) in [7, 11) is 0. The highest BCUT2D eigenvalue weighted by atomic mass is 14.7. The third-order valence-corrected chi connectivity index (χ3v) is 12.5. The fourth-order valence-corrected chi connectivity index (χ4v) is 10.4. The van der Waals surface area contributed by atoms with Crippen molar-refractivity contribution in [3.63, 3.8) is 0 Å². The predicted octanol–water partition coefficient (Wildman–Crippen LogP) is 15.1. The van der Waals surface area contributed by atoms with E-state index in [1.807, 2.05) is 0 Å². The van der Waals surface area contributed by atoms with Crippen molar-refractivity contribution in [2.75, 3.05) is 0 Å². The summed E-state index contributed by atoms with van der Waals surface area (Å²) in [6.07, 6.45) is 0. The number of nitrogens with zero attached hydrogens (tertiary/aromatic N) is 1. The minimum atomic E-state index is 1.01. The molecule has 13 aromatic rings. The summed E-state index contributed by atoms with van der Waals surface area (Å²) in [4.78, 5) is 4.96. The zero-order chi connectivity index (χ0) is 35.9.